The molecular weight excluding hydrogens is 432 g/mol. The largest absolute Gasteiger partial charge is 0.493 e. The molecule has 9 nitrogen and oxygen atoms in total. The first kappa shape index (κ1) is 25.0. The van der Waals surface area contributed by atoms with E-state index in [9.17, 15) is 9.59 Å². The highest BCUT2D eigenvalue weighted by molar-refractivity contribution is 7.80. The maximum atomic E-state index is 12.5. The zero-order chi connectivity index (χ0) is 23.5. The lowest BCUT2D eigenvalue weighted by Gasteiger charge is -2.15. The summed E-state index contributed by atoms with van der Waals surface area (Å²) in [5.74, 6) is 1.11. The van der Waals surface area contributed by atoms with Crippen LogP contribution >= 0.6 is 12.2 Å². The van der Waals surface area contributed by atoms with Crippen molar-refractivity contribution in [1.82, 2.24) is 21.2 Å². The van der Waals surface area contributed by atoms with Crippen molar-refractivity contribution in [3.8, 4) is 17.2 Å². The molecule has 0 bridgehead atoms. The maximum absolute atomic E-state index is 12.5. The third-order valence-corrected chi connectivity index (χ3v) is 5.03. The zero-order valence-electron chi connectivity index (χ0n) is 18.8. The van der Waals surface area contributed by atoms with E-state index in [1.807, 2.05) is 19.1 Å². The Morgan fingerprint density at radius 2 is 1.72 bits per heavy atom. The number of thiocarbonyl (C=S) groups is 1. The van der Waals surface area contributed by atoms with Crippen molar-refractivity contribution >= 4 is 23.2 Å². The molecule has 4 N–H and O–H groups in total. The lowest BCUT2D eigenvalue weighted by Crippen LogP contribution is -2.48. The van der Waals surface area contributed by atoms with Gasteiger partial charge in [0.05, 0.1) is 21.3 Å². The number of carbonyl (C=O) groups is 1. The highest BCUT2D eigenvalue weighted by Gasteiger charge is 2.14. The summed E-state index contributed by atoms with van der Waals surface area (Å²) in [5, 5.41) is 3.23. The van der Waals surface area contributed by atoms with Crippen LogP contribution in [-0.2, 0) is 12.8 Å². The highest BCUT2D eigenvalue weighted by Crippen LogP contribution is 2.38. The van der Waals surface area contributed by atoms with E-state index >= 15 is 0 Å². The molecule has 1 aromatic carbocycles. The van der Waals surface area contributed by atoms with Gasteiger partial charge in [-0.2, -0.15) is 0 Å². The van der Waals surface area contributed by atoms with E-state index in [0.29, 0.717) is 42.2 Å². The van der Waals surface area contributed by atoms with Gasteiger partial charge < -0.3 is 24.5 Å². The number of rotatable bonds is 10. The Hall–Kier alpha value is -3.27. The smallest absolute Gasteiger partial charge is 0.275 e. The van der Waals surface area contributed by atoms with Crippen molar-refractivity contribution in [2.75, 3.05) is 27.9 Å². The second-order valence-electron chi connectivity index (χ2n) is 6.95. The topological polar surface area (TPSA) is 114 Å². The number of aromatic nitrogens is 1. The number of hydrogen-bond acceptors (Lipinski definition) is 6. The van der Waals surface area contributed by atoms with Crippen LogP contribution in [-0.4, -0.2) is 43.9 Å². The van der Waals surface area contributed by atoms with Crippen LogP contribution in [0.25, 0.3) is 0 Å². The summed E-state index contributed by atoms with van der Waals surface area (Å²) in [6, 6.07) is 3.72. The second kappa shape index (κ2) is 12.6. The predicted octanol–water partition coefficient (Wildman–Crippen LogP) is 2.09. The SMILES string of the molecule is CCCCc1c[nH]cc(C(=O)NNC(=S)NCCc2cc(OC)c(OC)c(OC)c2)c1=O. The van der Waals surface area contributed by atoms with Crippen LogP contribution in [0.15, 0.2) is 29.3 Å². The molecule has 0 aliphatic rings. The molecule has 1 heterocycles. The first-order chi connectivity index (χ1) is 15.4. The zero-order valence-corrected chi connectivity index (χ0v) is 19.6. The van der Waals surface area contributed by atoms with E-state index in [1.165, 1.54) is 6.20 Å². The molecule has 0 radical (unpaired) electrons. The summed E-state index contributed by atoms with van der Waals surface area (Å²) in [6.07, 6.45) is 6.11. The summed E-state index contributed by atoms with van der Waals surface area (Å²) in [7, 11) is 4.67. The van der Waals surface area contributed by atoms with E-state index in [1.54, 1.807) is 27.5 Å². The molecule has 2 aromatic rings. The van der Waals surface area contributed by atoms with E-state index in [4.69, 9.17) is 26.4 Å². The predicted molar refractivity (Wildman–Crippen MR) is 127 cm³/mol. The molecule has 0 saturated heterocycles. The number of unbranched alkanes of at least 4 members (excludes halogenated alkanes) is 1. The van der Waals surface area contributed by atoms with Crippen LogP contribution < -0.4 is 35.8 Å². The Morgan fingerprint density at radius 3 is 2.31 bits per heavy atom. The van der Waals surface area contributed by atoms with Crippen LogP contribution in [0.4, 0.5) is 0 Å². The number of benzene rings is 1. The number of ether oxygens (including phenoxy) is 3. The normalized spacial score (nSPS) is 10.2. The van der Waals surface area contributed by atoms with E-state index < -0.39 is 5.91 Å². The van der Waals surface area contributed by atoms with Crippen LogP contribution in [0.2, 0.25) is 0 Å². The Kier molecular flexibility index (Phi) is 9.80. The Morgan fingerprint density at radius 1 is 1.03 bits per heavy atom. The average Bonchev–Trinajstić information content (AvgIpc) is 2.81. The Labute approximate surface area is 192 Å². The van der Waals surface area contributed by atoms with Crippen LogP contribution in [0.3, 0.4) is 0 Å². The van der Waals surface area contributed by atoms with Gasteiger partial charge in [-0.1, -0.05) is 13.3 Å². The first-order valence-corrected chi connectivity index (χ1v) is 10.7. The van der Waals surface area contributed by atoms with Crippen molar-refractivity contribution in [3.05, 3.63) is 51.4 Å². The van der Waals surface area contributed by atoms with Crippen LogP contribution in [0.1, 0.15) is 41.3 Å². The Bertz CT molecular complexity index is 968. The molecular formula is C22H30N4O5S. The van der Waals surface area contributed by atoms with Crippen molar-refractivity contribution in [2.24, 2.45) is 0 Å². The number of H-pyrrole nitrogens is 1. The third-order valence-electron chi connectivity index (χ3n) is 4.78. The van der Waals surface area contributed by atoms with Gasteiger partial charge in [-0.05, 0) is 49.2 Å². The van der Waals surface area contributed by atoms with Gasteiger partial charge in [-0.25, -0.2) is 0 Å². The molecule has 174 valence electrons. The average molecular weight is 463 g/mol. The monoisotopic (exact) mass is 462 g/mol. The summed E-state index contributed by atoms with van der Waals surface area (Å²) in [5.41, 5.74) is 6.37. The molecule has 1 amide bonds. The molecule has 32 heavy (non-hydrogen) atoms. The Balaban J connectivity index is 1.88. The number of pyridine rings is 1. The van der Waals surface area contributed by atoms with Crippen molar-refractivity contribution < 1.29 is 19.0 Å². The van der Waals surface area contributed by atoms with Gasteiger partial charge in [0.1, 0.15) is 5.56 Å². The fourth-order valence-electron chi connectivity index (χ4n) is 3.08. The van der Waals surface area contributed by atoms with Gasteiger partial charge in [0.15, 0.2) is 22.0 Å². The number of hydrogen-bond donors (Lipinski definition) is 4. The quantitative estimate of drug-likeness (QED) is 0.314. The molecule has 0 unspecified atom stereocenters. The molecule has 0 atom stereocenters. The van der Waals surface area contributed by atoms with E-state index in [-0.39, 0.29) is 16.1 Å². The van der Waals surface area contributed by atoms with Crippen molar-refractivity contribution in [2.45, 2.75) is 32.6 Å². The van der Waals surface area contributed by atoms with Crippen molar-refractivity contribution in [1.29, 1.82) is 0 Å². The lowest BCUT2D eigenvalue weighted by atomic mass is 10.1. The summed E-state index contributed by atoms with van der Waals surface area (Å²) in [4.78, 5) is 27.7. The second-order valence-corrected chi connectivity index (χ2v) is 7.35. The van der Waals surface area contributed by atoms with E-state index in [2.05, 4.69) is 21.2 Å². The standard InChI is InChI=1S/C22H30N4O5S/c1-5-6-7-15-12-23-13-16(19(15)27)21(28)25-26-22(32)24-9-8-14-10-17(29-2)20(31-4)18(11-14)30-3/h10-13H,5-9H2,1-4H3,(H,23,27)(H,25,28)(H2,24,26,32). The molecule has 0 aliphatic heterocycles. The number of aromatic amines is 1. The molecule has 1 aromatic heterocycles. The van der Waals surface area contributed by atoms with Crippen LogP contribution in [0, 0.1) is 0 Å². The van der Waals surface area contributed by atoms with Crippen molar-refractivity contribution in [3.63, 3.8) is 0 Å². The molecule has 0 saturated carbocycles. The van der Waals surface area contributed by atoms with Gasteiger partial charge in [-0.15, -0.1) is 0 Å². The minimum Gasteiger partial charge on any atom is -0.493 e. The number of amides is 1. The van der Waals surface area contributed by atoms with Crippen LogP contribution in [0.5, 0.6) is 17.2 Å². The molecule has 0 fully saturated rings. The first-order valence-electron chi connectivity index (χ1n) is 10.3. The summed E-state index contributed by atoms with van der Waals surface area (Å²) in [6.45, 7) is 2.54. The lowest BCUT2D eigenvalue weighted by molar-refractivity contribution is 0.0942. The minimum absolute atomic E-state index is 0.0336. The molecule has 2 rings (SSSR count). The number of hydrazine groups is 1. The number of aryl methyl sites for hydroxylation is 1. The summed E-state index contributed by atoms with van der Waals surface area (Å²) >= 11 is 5.20. The molecule has 0 spiro atoms. The number of carbonyl (C=O) groups excluding carboxylic acids is 1. The van der Waals surface area contributed by atoms with Gasteiger partial charge in [0, 0.05) is 24.5 Å². The molecule has 0 aliphatic carbocycles. The third kappa shape index (κ3) is 6.61. The highest BCUT2D eigenvalue weighted by atomic mass is 32.1. The van der Waals surface area contributed by atoms with Gasteiger partial charge in [-0.3, -0.25) is 20.4 Å². The number of methoxy groups -OCH3 is 3. The summed E-state index contributed by atoms with van der Waals surface area (Å²) < 4.78 is 16.0. The minimum atomic E-state index is -0.557. The fraction of sp³-hybridized carbons (Fsp3) is 0.409. The maximum Gasteiger partial charge on any atom is 0.275 e. The molecule has 10 heteroatoms. The van der Waals surface area contributed by atoms with Gasteiger partial charge in [0.25, 0.3) is 5.91 Å². The fourth-order valence-corrected chi connectivity index (χ4v) is 3.23. The number of nitrogens with one attached hydrogen (secondary N) is 4. The van der Waals surface area contributed by atoms with Gasteiger partial charge in [0.2, 0.25) is 5.75 Å². The van der Waals surface area contributed by atoms with Gasteiger partial charge >= 0.3 is 0 Å². The van der Waals surface area contributed by atoms with E-state index in [0.717, 1.165) is 18.4 Å².